The van der Waals surface area contributed by atoms with E-state index in [9.17, 15) is 4.21 Å². The van der Waals surface area contributed by atoms with Gasteiger partial charge in [0.25, 0.3) is 0 Å². The molecule has 2 N–H and O–H groups in total. The number of rotatable bonds is 4. The summed E-state index contributed by atoms with van der Waals surface area (Å²) in [6.07, 6.45) is 2.34. The highest BCUT2D eigenvalue weighted by atomic mass is 35.5. The molecule has 0 aliphatic carbocycles. The largest absolute Gasteiger partial charge is 0.371 e. The van der Waals surface area contributed by atoms with Crippen LogP contribution >= 0.6 is 11.6 Å². The van der Waals surface area contributed by atoms with Crippen LogP contribution in [0.5, 0.6) is 0 Å². The standard InChI is InChI=1S/C20H22ClN3OS/c1-2-26(22,25)14-9-10-18(24-11-5-6-12-24)16(13-14)20-19(21)15-7-3-4-8-17(15)23-20/h3-4,7-10,13,22-23H,2,5-6,11-12H2,1H3. The van der Waals surface area contributed by atoms with Gasteiger partial charge in [-0.05, 0) is 37.1 Å². The van der Waals surface area contributed by atoms with Gasteiger partial charge >= 0.3 is 0 Å². The second kappa shape index (κ2) is 6.63. The van der Waals surface area contributed by atoms with Crippen molar-refractivity contribution in [3.63, 3.8) is 0 Å². The number of fused-ring (bicyclic) bond motifs is 1. The van der Waals surface area contributed by atoms with Gasteiger partial charge in [0.1, 0.15) is 0 Å². The molecule has 1 aliphatic heterocycles. The third-order valence-electron chi connectivity index (χ3n) is 5.11. The van der Waals surface area contributed by atoms with E-state index in [0.29, 0.717) is 15.7 Å². The van der Waals surface area contributed by atoms with Crippen LogP contribution in [0.1, 0.15) is 19.8 Å². The average molecular weight is 388 g/mol. The molecule has 2 heterocycles. The molecule has 26 heavy (non-hydrogen) atoms. The molecule has 1 aliphatic rings. The molecule has 1 fully saturated rings. The lowest BCUT2D eigenvalue weighted by Gasteiger charge is -2.22. The molecule has 3 aromatic rings. The Kier molecular flexibility index (Phi) is 4.45. The van der Waals surface area contributed by atoms with E-state index in [2.05, 4.69) is 9.88 Å². The Morgan fingerprint density at radius 2 is 1.92 bits per heavy atom. The maximum atomic E-state index is 12.6. The third-order valence-corrected chi connectivity index (χ3v) is 7.34. The topological polar surface area (TPSA) is 60.0 Å². The van der Waals surface area contributed by atoms with Crippen molar-refractivity contribution in [3.8, 4) is 11.3 Å². The van der Waals surface area contributed by atoms with Crippen LogP contribution in [0.2, 0.25) is 5.02 Å². The number of benzene rings is 2. The van der Waals surface area contributed by atoms with Gasteiger partial charge < -0.3 is 9.88 Å². The Morgan fingerprint density at radius 3 is 2.62 bits per heavy atom. The van der Waals surface area contributed by atoms with Gasteiger partial charge in [0.05, 0.1) is 20.4 Å². The van der Waals surface area contributed by atoms with E-state index >= 15 is 0 Å². The van der Waals surface area contributed by atoms with Crippen molar-refractivity contribution < 1.29 is 4.21 Å². The van der Waals surface area contributed by atoms with Crippen LogP contribution in [0.3, 0.4) is 0 Å². The summed E-state index contributed by atoms with van der Waals surface area (Å²) in [5, 5.41) is 1.65. The Hall–Kier alpha value is -1.98. The number of hydrogen-bond donors (Lipinski definition) is 2. The van der Waals surface area contributed by atoms with Gasteiger partial charge in [0, 0.05) is 45.9 Å². The number of hydrogen-bond acceptors (Lipinski definition) is 3. The van der Waals surface area contributed by atoms with E-state index in [0.717, 1.165) is 40.9 Å². The van der Waals surface area contributed by atoms with Crippen molar-refractivity contribution in [1.82, 2.24) is 4.98 Å². The van der Waals surface area contributed by atoms with Crippen LogP contribution in [-0.4, -0.2) is 28.0 Å². The Labute approximate surface area is 159 Å². The number of H-pyrrole nitrogens is 1. The second-order valence-corrected chi connectivity index (χ2v) is 9.47. The Balaban J connectivity index is 1.96. The molecule has 136 valence electrons. The number of nitrogens with zero attached hydrogens (tertiary/aromatic N) is 1. The van der Waals surface area contributed by atoms with Gasteiger partial charge in [-0.15, -0.1) is 0 Å². The summed E-state index contributed by atoms with van der Waals surface area (Å²) < 4.78 is 20.8. The fraction of sp³-hybridized carbons (Fsp3) is 0.300. The first-order valence-electron chi connectivity index (χ1n) is 8.93. The van der Waals surface area contributed by atoms with Crippen molar-refractivity contribution in [2.45, 2.75) is 24.7 Å². The smallest absolute Gasteiger partial charge is 0.0741 e. The average Bonchev–Trinajstić information content (AvgIpc) is 3.30. The highest BCUT2D eigenvalue weighted by Gasteiger charge is 2.22. The zero-order valence-corrected chi connectivity index (χ0v) is 16.3. The molecule has 1 atom stereocenters. The van der Waals surface area contributed by atoms with Crippen LogP contribution in [0, 0.1) is 4.78 Å². The van der Waals surface area contributed by atoms with E-state index in [4.69, 9.17) is 16.4 Å². The maximum Gasteiger partial charge on any atom is 0.0741 e. The minimum atomic E-state index is -2.79. The SMILES string of the molecule is CCS(=N)(=O)c1ccc(N2CCCC2)c(-c2[nH]c3ccccc3c2Cl)c1. The molecular formula is C20H22ClN3OS. The van der Waals surface area contributed by atoms with Gasteiger partial charge in [-0.2, -0.15) is 0 Å². The summed E-state index contributed by atoms with van der Waals surface area (Å²) >= 11 is 6.70. The van der Waals surface area contributed by atoms with E-state index < -0.39 is 9.73 Å². The number of nitrogens with one attached hydrogen (secondary N) is 2. The van der Waals surface area contributed by atoms with Crippen LogP contribution in [0.25, 0.3) is 22.2 Å². The van der Waals surface area contributed by atoms with Crippen molar-refractivity contribution in [2.75, 3.05) is 23.7 Å². The number of para-hydroxylation sites is 1. The molecule has 0 bridgehead atoms. The lowest BCUT2D eigenvalue weighted by atomic mass is 10.1. The molecule has 6 heteroatoms. The van der Waals surface area contributed by atoms with E-state index in [1.165, 1.54) is 12.8 Å². The lowest BCUT2D eigenvalue weighted by molar-refractivity contribution is 0.675. The molecule has 0 spiro atoms. The van der Waals surface area contributed by atoms with Gasteiger partial charge in [0.2, 0.25) is 0 Å². The minimum Gasteiger partial charge on any atom is -0.371 e. The van der Waals surface area contributed by atoms with E-state index in [1.807, 2.05) is 42.5 Å². The first-order chi connectivity index (χ1) is 12.5. The molecule has 2 aromatic carbocycles. The summed E-state index contributed by atoms with van der Waals surface area (Å²) in [6, 6.07) is 13.7. The van der Waals surface area contributed by atoms with Gasteiger partial charge in [0.15, 0.2) is 0 Å². The molecule has 1 unspecified atom stereocenters. The first-order valence-corrected chi connectivity index (χ1v) is 11.0. The molecule has 4 nitrogen and oxygen atoms in total. The Bertz CT molecular complexity index is 1070. The van der Waals surface area contributed by atoms with E-state index in [-0.39, 0.29) is 0 Å². The zero-order valence-electron chi connectivity index (χ0n) is 14.7. The van der Waals surface area contributed by atoms with Crippen LogP contribution in [0.15, 0.2) is 47.4 Å². The molecule has 0 radical (unpaired) electrons. The third kappa shape index (κ3) is 2.89. The molecule has 0 saturated carbocycles. The monoisotopic (exact) mass is 387 g/mol. The van der Waals surface area contributed by atoms with Crippen molar-refractivity contribution in [3.05, 3.63) is 47.5 Å². The van der Waals surface area contributed by atoms with Crippen molar-refractivity contribution >= 4 is 37.9 Å². The summed E-state index contributed by atoms with van der Waals surface area (Å²) in [4.78, 5) is 6.34. The summed E-state index contributed by atoms with van der Waals surface area (Å²) in [5.41, 5.74) is 3.83. The van der Waals surface area contributed by atoms with E-state index in [1.54, 1.807) is 6.92 Å². The quantitative estimate of drug-likeness (QED) is 0.619. The number of anilines is 1. The molecule has 1 saturated heterocycles. The second-order valence-electron chi connectivity index (χ2n) is 6.70. The molecule has 1 aromatic heterocycles. The molecule has 0 amide bonds. The molecule has 4 rings (SSSR count). The lowest BCUT2D eigenvalue weighted by Crippen LogP contribution is -2.18. The van der Waals surface area contributed by atoms with Gasteiger partial charge in [-0.25, -0.2) is 8.99 Å². The predicted molar refractivity (Wildman–Crippen MR) is 110 cm³/mol. The zero-order chi connectivity index (χ0) is 18.3. The fourth-order valence-electron chi connectivity index (χ4n) is 3.61. The van der Waals surface area contributed by atoms with Crippen molar-refractivity contribution in [2.24, 2.45) is 0 Å². The van der Waals surface area contributed by atoms with Gasteiger partial charge in [-0.3, -0.25) is 0 Å². The molecular weight excluding hydrogens is 366 g/mol. The highest BCUT2D eigenvalue weighted by Crippen LogP contribution is 2.41. The minimum absolute atomic E-state index is 0.302. The van der Waals surface area contributed by atoms with Crippen LogP contribution in [0.4, 0.5) is 5.69 Å². The summed E-state index contributed by atoms with van der Waals surface area (Å²) in [7, 11) is -2.79. The number of halogens is 1. The van der Waals surface area contributed by atoms with Crippen LogP contribution in [-0.2, 0) is 9.73 Å². The Morgan fingerprint density at radius 1 is 1.19 bits per heavy atom. The first kappa shape index (κ1) is 17.4. The number of aromatic nitrogens is 1. The normalized spacial score (nSPS) is 16.9. The predicted octanol–water partition coefficient (Wildman–Crippen LogP) is 5.51. The number of aromatic amines is 1. The summed E-state index contributed by atoms with van der Waals surface area (Å²) in [6.45, 7) is 3.81. The van der Waals surface area contributed by atoms with Crippen LogP contribution < -0.4 is 4.90 Å². The highest BCUT2D eigenvalue weighted by molar-refractivity contribution is 7.92. The van der Waals surface area contributed by atoms with Gasteiger partial charge in [-0.1, -0.05) is 36.7 Å². The summed E-state index contributed by atoms with van der Waals surface area (Å²) in [5.74, 6) is 0.302. The maximum absolute atomic E-state index is 12.6. The fourth-order valence-corrected chi connectivity index (χ4v) is 4.86. The van der Waals surface area contributed by atoms with Crippen molar-refractivity contribution in [1.29, 1.82) is 4.78 Å².